The molecule has 0 N–H and O–H groups in total. The lowest BCUT2D eigenvalue weighted by Crippen LogP contribution is -2.68. The van der Waals surface area contributed by atoms with Crippen LogP contribution < -0.4 is 0 Å². The molecule has 4 aliphatic carbocycles. The maximum atomic E-state index is 12.8. The maximum absolute atomic E-state index is 12.8. The predicted molar refractivity (Wildman–Crippen MR) is 165 cm³/mol. The van der Waals surface area contributed by atoms with Crippen LogP contribution in [0.15, 0.2) is 12.2 Å². The van der Waals surface area contributed by atoms with Gasteiger partial charge in [0, 0.05) is 48.9 Å². The van der Waals surface area contributed by atoms with E-state index in [1.807, 2.05) is 0 Å². The van der Waals surface area contributed by atoms with Gasteiger partial charge in [-0.2, -0.15) is 0 Å². The first-order chi connectivity index (χ1) is 20.2. The summed E-state index contributed by atoms with van der Waals surface area (Å²) >= 11 is 0. The molecular formula is C36H60O6. The van der Waals surface area contributed by atoms with Gasteiger partial charge >= 0.3 is 5.97 Å². The Bertz CT molecular complexity index is 857. The van der Waals surface area contributed by atoms with Crippen LogP contribution in [0.5, 0.6) is 0 Å². The van der Waals surface area contributed by atoms with Gasteiger partial charge in [0.15, 0.2) is 0 Å². The van der Waals surface area contributed by atoms with Crippen molar-refractivity contribution in [1.82, 2.24) is 0 Å². The van der Waals surface area contributed by atoms with Crippen molar-refractivity contribution in [2.45, 2.75) is 153 Å². The van der Waals surface area contributed by atoms with Crippen LogP contribution in [0.25, 0.3) is 0 Å². The highest BCUT2D eigenvalue weighted by Crippen LogP contribution is 2.63. The van der Waals surface area contributed by atoms with E-state index in [2.05, 4.69) is 20.4 Å². The van der Waals surface area contributed by atoms with E-state index >= 15 is 0 Å². The Morgan fingerprint density at radius 3 is 1.52 bits per heavy atom. The molecule has 0 radical (unpaired) electrons. The molecule has 2 unspecified atom stereocenters. The number of carbonyl (C=O) groups excluding carboxylic acids is 1. The Morgan fingerprint density at radius 2 is 1.12 bits per heavy atom. The molecule has 2 heterocycles. The third-order valence-corrected chi connectivity index (χ3v) is 11.7. The van der Waals surface area contributed by atoms with Gasteiger partial charge in [-0.15, -0.1) is 0 Å². The number of hydrogen-bond acceptors (Lipinski definition) is 6. The molecule has 0 aromatic rings. The molecule has 2 atom stereocenters. The second-order valence-electron chi connectivity index (χ2n) is 15.4. The molecule has 2 saturated heterocycles. The fourth-order valence-electron chi connectivity index (χ4n) is 9.22. The van der Waals surface area contributed by atoms with Crippen molar-refractivity contribution >= 4 is 5.97 Å². The second kappa shape index (κ2) is 13.6. The molecule has 0 amide bonds. The van der Waals surface area contributed by atoms with Gasteiger partial charge in [0.1, 0.15) is 5.60 Å². The van der Waals surface area contributed by atoms with Crippen LogP contribution in [0.1, 0.15) is 136 Å². The Balaban J connectivity index is 1.10. The van der Waals surface area contributed by atoms with Crippen molar-refractivity contribution in [1.29, 1.82) is 0 Å². The normalized spacial score (nSPS) is 33.6. The number of ether oxygens (including phenoxy) is 5. The fourth-order valence-corrected chi connectivity index (χ4v) is 9.22. The molecule has 42 heavy (non-hydrogen) atoms. The lowest BCUT2D eigenvalue weighted by Gasteiger charge is -2.64. The summed E-state index contributed by atoms with van der Waals surface area (Å²) in [4.78, 5) is 12.8. The Hall–Kier alpha value is -0.950. The van der Waals surface area contributed by atoms with Crippen molar-refractivity contribution in [2.24, 2.45) is 16.7 Å². The van der Waals surface area contributed by atoms with Crippen LogP contribution in [0, 0.1) is 16.7 Å². The van der Waals surface area contributed by atoms with E-state index in [4.69, 9.17) is 23.7 Å². The van der Waals surface area contributed by atoms with Gasteiger partial charge < -0.3 is 23.7 Å². The van der Waals surface area contributed by atoms with Crippen LogP contribution in [0.2, 0.25) is 0 Å². The first kappa shape index (κ1) is 32.4. The molecule has 6 nitrogen and oxygen atoms in total. The number of esters is 1. The molecule has 2 aliphatic heterocycles. The lowest BCUT2D eigenvalue weighted by molar-refractivity contribution is -0.283. The van der Waals surface area contributed by atoms with Crippen molar-refractivity contribution in [2.75, 3.05) is 39.6 Å². The predicted octanol–water partition coefficient (Wildman–Crippen LogP) is 8.11. The SMILES string of the molecule is C=C(C)C(=O)OC12CC3CC(OCCCCCCC4(CC)COC4)(CC(OCCCCCCC4(CC)COC4)(C3)C1)C2. The minimum absolute atomic E-state index is 0.233. The van der Waals surface area contributed by atoms with Crippen molar-refractivity contribution in [3.63, 3.8) is 0 Å². The Labute approximate surface area is 256 Å². The zero-order chi connectivity index (χ0) is 29.7. The summed E-state index contributed by atoms with van der Waals surface area (Å²) in [7, 11) is 0. The third-order valence-electron chi connectivity index (χ3n) is 11.7. The standard InChI is InChI=1S/C36H60O6/c1-5-32(25-38-26-32)15-11-7-9-13-17-40-34-19-30-20-35(22-34,24-36(21-30,23-34)42-31(37)29(3)4)41-18-14-10-8-12-16-33(6-2)27-39-28-33/h30H,3,5-28H2,1-2,4H3. The zero-order valence-corrected chi connectivity index (χ0v) is 27.2. The summed E-state index contributed by atoms with van der Waals surface area (Å²) in [6, 6.07) is 0. The average Bonchev–Trinajstić information content (AvgIpc) is 2.89. The minimum Gasteiger partial charge on any atom is -0.455 e. The molecule has 0 spiro atoms. The number of hydrogen-bond donors (Lipinski definition) is 0. The fraction of sp³-hybridized carbons (Fsp3) is 0.917. The van der Waals surface area contributed by atoms with Gasteiger partial charge in [0.25, 0.3) is 0 Å². The van der Waals surface area contributed by atoms with E-state index < -0.39 is 5.60 Å². The van der Waals surface area contributed by atoms with Crippen LogP contribution in [0.3, 0.4) is 0 Å². The topological polar surface area (TPSA) is 63.2 Å². The van der Waals surface area contributed by atoms with Gasteiger partial charge in [0.05, 0.1) is 37.6 Å². The summed E-state index contributed by atoms with van der Waals surface area (Å²) in [6.07, 6.45) is 20.4. The molecule has 4 saturated carbocycles. The van der Waals surface area contributed by atoms with Crippen LogP contribution in [-0.4, -0.2) is 62.4 Å². The van der Waals surface area contributed by atoms with Gasteiger partial charge in [-0.25, -0.2) is 4.79 Å². The smallest absolute Gasteiger partial charge is 0.333 e. The van der Waals surface area contributed by atoms with Crippen LogP contribution in [-0.2, 0) is 28.5 Å². The number of rotatable bonds is 20. The maximum Gasteiger partial charge on any atom is 0.333 e. The molecule has 0 aromatic heterocycles. The van der Waals surface area contributed by atoms with Crippen molar-refractivity contribution in [3.05, 3.63) is 12.2 Å². The average molecular weight is 589 g/mol. The molecule has 6 aliphatic rings. The van der Waals surface area contributed by atoms with Gasteiger partial charge in [-0.05, 0) is 70.6 Å². The highest BCUT2D eigenvalue weighted by molar-refractivity contribution is 5.87. The van der Waals surface area contributed by atoms with E-state index in [1.54, 1.807) is 6.92 Å². The molecule has 240 valence electrons. The third kappa shape index (κ3) is 7.46. The summed E-state index contributed by atoms with van der Waals surface area (Å²) in [6.45, 7) is 15.6. The second-order valence-corrected chi connectivity index (χ2v) is 15.4. The molecule has 6 rings (SSSR count). The van der Waals surface area contributed by atoms with E-state index in [-0.39, 0.29) is 17.2 Å². The molecule has 4 bridgehead atoms. The van der Waals surface area contributed by atoms with E-state index in [9.17, 15) is 4.79 Å². The summed E-state index contributed by atoms with van der Waals surface area (Å²) in [5, 5.41) is 0. The molecule has 6 heteroatoms. The van der Waals surface area contributed by atoms with E-state index in [0.717, 1.165) is 91.0 Å². The van der Waals surface area contributed by atoms with E-state index in [1.165, 1.54) is 64.2 Å². The summed E-state index contributed by atoms with van der Waals surface area (Å²) in [5.41, 5.74) is 0.458. The minimum atomic E-state index is -0.478. The van der Waals surface area contributed by atoms with Crippen molar-refractivity contribution in [3.8, 4) is 0 Å². The number of unbranched alkanes of at least 4 members (excludes halogenated alkanes) is 6. The Morgan fingerprint density at radius 1 is 0.690 bits per heavy atom. The highest BCUT2D eigenvalue weighted by atomic mass is 16.6. The zero-order valence-electron chi connectivity index (χ0n) is 27.2. The van der Waals surface area contributed by atoms with Gasteiger partial charge in [0.2, 0.25) is 0 Å². The Kier molecular flexibility index (Phi) is 10.5. The van der Waals surface area contributed by atoms with Crippen molar-refractivity contribution < 1.29 is 28.5 Å². The monoisotopic (exact) mass is 588 g/mol. The highest BCUT2D eigenvalue weighted by Gasteiger charge is 2.66. The largest absolute Gasteiger partial charge is 0.455 e. The molecular weight excluding hydrogens is 528 g/mol. The van der Waals surface area contributed by atoms with Crippen LogP contribution in [0.4, 0.5) is 0 Å². The first-order valence-electron chi connectivity index (χ1n) is 17.5. The summed E-state index contributed by atoms with van der Waals surface area (Å²) in [5.74, 6) is 0.231. The van der Waals surface area contributed by atoms with Gasteiger partial charge in [-0.1, -0.05) is 59.0 Å². The quantitative estimate of drug-likeness (QED) is 0.0813. The lowest BCUT2D eigenvalue weighted by atomic mass is 9.50. The van der Waals surface area contributed by atoms with E-state index in [0.29, 0.717) is 22.3 Å². The number of carbonyl (C=O) groups is 1. The molecule has 6 fully saturated rings. The van der Waals surface area contributed by atoms with Crippen LogP contribution >= 0.6 is 0 Å². The molecule has 0 aromatic carbocycles. The first-order valence-corrected chi connectivity index (χ1v) is 17.5. The summed E-state index contributed by atoms with van der Waals surface area (Å²) < 4.78 is 30.9. The van der Waals surface area contributed by atoms with Gasteiger partial charge in [-0.3, -0.25) is 0 Å².